The van der Waals surface area contributed by atoms with Crippen molar-refractivity contribution >= 4 is 5.82 Å². The molecule has 1 atom stereocenters. The van der Waals surface area contributed by atoms with E-state index in [1.54, 1.807) is 6.92 Å². The van der Waals surface area contributed by atoms with E-state index in [2.05, 4.69) is 20.2 Å². The Morgan fingerprint density at radius 3 is 2.74 bits per heavy atom. The Morgan fingerprint density at radius 2 is 2.05 bits per heavy atom. The van der Waals surface area contributed by atoms with E-state index < -0.39 is 0 Å². The summed E-state index contributed by atoms with van der Waals surface area (Å²) in [6, 6.07) is 0.680. The maximum Gasteiger partial charge on any atom is 0.186 e. The van der Waals surface area contributed by atoms with Gasteiger partial charge in [0.1, 0.15) is 6.33 Å². The Balaban J connectivity index is 1.64. The molecule has 2 aliphatic heterocycles. The molecule has 3 rings (SSSR count). The highest BCUT2D eigenvalue weighted by atomic mass is 19.1. The third-order valence-corrected chi connectivity index (χ3v) is 4.45. The van der Waals surface area contributed by atoms with Gasteiger partial charge in [0, 0.05) is 19.1 Å². The summed E-state index contributed by atoms with van der Waals surface area (Å²) in [4.78, 5) is 10.1. The highest BCUT2D eigenvalue weighted by Gasteiger charge is 2.29. The molecule has 0 spiro atoms. The fourth-order valence-corrected chi connectivity index (χ4v) is 3.29. The van der Waals surface area contributed by atoms with Gasteiger partial charge in [-0.3, -0.25) is 0 Å². The van der Waals surface area contributed by atoms with Gasteiger partial charge in [-0.1, -0.05) is 0 Å². The van der Waals surface area contributed by atoms with Gasteiger partial charge in [0.05, 0.1) is 5.69 Å². The SMILES string of the molecule is Cc1ncnc(N2CCC(C3CCCN3)CC2)c1F. The number of aryl methyl sites for hydroxylation is 1. The van der Waals surface area contributed by atoms with Crippen LogP contribution >= 0.6 is 0 Å². The molecule has 4 nitrogen and oxygen atoms in total. The zero-order valence-electron chi connectivity index (χ0n) is 11.4. The number of piperidine rings is 1. The molecule has 0 aliphatic carbocycles. The smallest absolute Gasteiger partial charge is 0.186 e. The second-order valence-electron chi connectivity index (χ2n) is 5.62. The maximum absolute atomic E-state index is 14.0. The molecular formula is C14H21FN4. The van der Waals surface area contributed by atoms with Gasteiger partial charge in [0.25, 0.3) is 0 Å². The Labute approximate surface area is 113 Å². The molecule has 2 aliphatic rings. The molecule has 1 unspecified atom stereocenters. The lowest BCUT2D eigenvalue weighted by molar-refractivity contribution is 0.317. The Morgan fingerprint density at radius 1 is 1.26 bits per heavy atom. The van der Waals surface area contributed by atoms with Gasteiger partial charge in [-0.25, -0.2) is 14.4 Å². The predicted octanol–water partition coefficient (Wildman–Crippen LogP) is 1.89. The largest absolute Gasteiger partial charge is 0.354 e. The summed E-state index contributed by atoms with van der Waals surface area (Å²) in [6.45, 7) is 4.65. The second kappa shape index (κ2) is 5.41. The average Bonchev–Trinajstić information content (AvgIpc) is 2.96. The summed E-state index contributed by atoms with van der Waals surface area (Å²) in [7, 11) is 0. The molecule has 0 aromatic carbocycles. The Bertz CT molecular complexity index is 437. The monoisotopic (exact) mass is 264 g/mol. The molecule has 104 valence electrons. The molecule has 5 heteroatoms. The minimum absolute atomic E-state index is 0.264. The first-order valence-electron chi connectivity index (χ1n) is 7.21. The van der Waals surface area contributed by atoms with E-state index in [0.29, 0.717) is 17.6 Å². The van der Waals surface area contributed by atoms with Gasteiger partial charge in [0.2, 0.25) is 0 Å². The van der Waals surface area contributed by atoms with Crippen LogP contribution in [0.25, 0.3) is 0 Å². The van der Waals surface area contributed by atoms with Crippen LogP contribution in [0.1, 0.15) is 31.4 Å². The number of hydrogen-bond donors (Lipinski definition) is 1. The molecule has 2 fully saturated rings. The highest BCUT2D eigenvalue weighted by Crippen LogP contribution is 2.28. The van der Waals surface area contributed by atoms with Crippen molar-refractivity contribution in [1.29, 1.82) is 0 Å². The normalized spacial score (nSPS) is 24.9. The number of hydrogen-bond acceptors (Lipinski definition) is 4. The summed E-state index contributed by atoms with van der Waals surface area (Å²) in [6.07, 6.45) is 6.30. The van der Waals surface area contributed by atoms with Crippen molar-refractivity contribution < 1.29 is 4.39 Å². The summed E-state index contributed by atoms with van der Waals surface area (Å²) in [5, 5.41) is 3.58. The van der Waals surface area contributed by atoms with Gasteiger partial charge < -0.3 is 10.2 Å². The molecule has 2 saturated heterocycles. The lowest BCUT2D eigenvalue weighted by Gasteiger charge is -2.35. The predicted molar refractivity (Wildman–Crippen MR) is 72.7 cm³/mol. The van der Waals surface area contributed by atoms with Crippen molar-refractivity contribution in [2.75, 3.05) is 24.5 Å². The van der Waals surface area contributed by atoms with Crippen LogP contribution in [-0.2, 0) is 0 Å². The van der Waals surface area contributed by atoms with Gasteiger partial charge in [-0.2, -0.15) is 0 Å². The summed E-state index contributed by atoms with van der Waals surface area (Å²) < 4.78 is 14.0. The summed E-state index contributed by atoms with van der Waals surface area (Å²) in [5.41, 5.74) is 0.435. The molecule has 3 heterocycles. The molecule has 1 aromatic rings. The van der Waals surface area contributed by atoms with Crippen molar-refractivity contribution in [2.45, 2.75) is 38.6 Å². The third kappa shape index (κ3) is 2.56. The standard InChI is InChI=1S/C14H21FN4/c1-10-13(15)14(18-9-17-10)19-7-4-11(5-8-19)12-3-2-6-16-12/h9,11-12,16H,2-8H2,1H3. The first-order valence-corrected chi connectivity index (χ1v) is 7.21. The number of nitrogens with zero attached hydrogens (tertiary/aromatic N) is 3. The lowest BCUT2D eigenvalue weighted by Crippen LogP contribution is -2.41. The number of rotatable bonds is 2. The first kappa shape index (κ1) is 12.8. The van der Waals surface area contributed by atoms with Gasteiger partial charge in [-0.05, 0) is 45.1 Å². The molecule has 19 heavy (non-hydrogen) atoms. The number of nitrogens with one attached hydrogen (secondary N) is 1. The number of anilines is 1. The van der Waals surface area contributed by atoms with Crippen molar-refractivity contribution in [3.05, 3.63) is 17.8 Å². The quantitative estimate of drug-likeness (QED) is 0.885. The van der Waals surface area contributed by atoms with Crippen LogP contribution in [0.5, 0.6) is 0 Å². The highest BCUT2D eigenvalue weighted by molar-refractivity contribution is 5.41. The van der Waals surface area contributed by atoms with Crippen LogP contribution < -0.4 is 10.2 Å². The van der Waals surface area contributed by atoms with Crippen LogP contribution in [0.4, 0.5) is 10.2 Å². The van der Waals surface area contributed by atoms with Crippen LogP contribution in [0.2, 0.25) is 0 Å². The van der Waals surface area contributed by atoms with E-state index in [1.165, 1.54) is 19.2 Å². The number of aromatic nitrogens is 2. The molecule has 1 N–H and O–H groups in total. The van der Waals surface area contributed by atoms with E-state index in [0.717, 1.165) is 38.4 Å². The van der Waals surface area contributed by atoms with E-state index in [1.807, 2.05) is 0 Å². The molecule has 1 aromatic heterocycles. The van der Waals surface area contributed by atoms with Crippen molar-refractivity contribution in [2.24, 2.45) is 5.92 Å². The summed E-state index contributed by atoms with van der Waals surface area (Å²) >= 11 is 0. The van der Waals surface area contributed by atoms with Gasteiger partial charge >= 0.3 is 0 Å². The Kier molecular flexibility index (Phi) is 3.64. The molecule has 0 saturated carbocycles. The third-order valence-electron chi connectivity index (χ3n) is 4.45. The zero-order chi connectivity index (χ0) is 13.2. The average molecular weight is 264 g/mol. The number of halogens is 1. The lowest BCUT2D eigenvalue weighted by atomic mass is 9.88. The van der Waals surface area contributed by atoms with Crippen molar-refractivity contribution in [3.8, 4) is 0 Å². The molecule has 0 bridgehead atoms. The zero-order valence-corrected chi connectivity index (χ0v) is 11.4. The summed E-state index contributed by atoms with van der Waals surface area (Å²) in [5.74, 6) is 0.954. The van der Waals surface area contributed by atoms with Crippen LogP contribution in [0, 0.1) is 18.7 Å². The molecular weight excluding hydrogens is 243 g/mol. The van der Waals surface area contributed by atoms with Crippen LogP contribution in [0.15, 0.2) is 6.33 Å². The van der Waals surface area contributed by atoms with E-state index in [-0.39, 0.29) is 5.82 Å². The Hall–Kier alpha value is -1.23. The van der Waals surface area contributed by atoms with E-state index >= 15 is 0 Å². The molecule has 0 amide bonds. The first-order chi connectivity index (χ1) is 9.25. The van der Waals surface area contributed by atoms with Crippen molar-refractivity contribution in [3.63, 3.8) is 0 Å². The minimum Gasteiger partial charge on any atom is -0.354 e. The minimum atomic E-state index is -0.264. The fraction of sp³-hybridized carbons (Fsp3) is 0.714. The maximum atomic E-state index is 14.0. The fourth-order valence-electron chi connectivity index (χ4n) is 3.29. The van der Waals surface area contributed by atoms with Crippen molar-refractivity contribution in [1.82, 2.24) is 15.3 Å². The van der Waals surface area contributed by atoms with Crippen LogP contribution in [0.3, 0.4) is 0 Å². The molecule has 0 radical (unpaired) electrons. The van der Waals surface area contributed by atoms with Gasteiger partial charge in [-0.15, -0.1) is 0 Å². The van der Waals surface area contributed by atoms with E-state index in [4.69, 9.17) is 0 Å². The topological polar surface area (TPSA) is 41.1 Å². The van der Waals surface area contributed by atoms with Gasteiger partial charge in [0.15, 0.2) is 11.6 Å². The second-order valence-corrected chi connectivity index (χ2v) is 5.62. The van der Waals surface area contributed by atoms with Crippen LogP contribution in [-0.4, -0.2) is 35.6 Å². The van der Waals surface area contributed by atoms with E-state index in [9.17, 15) is 4.39 Å².